The van der Waals surface area contributed by atoms with E-state index in [-0.39, 0.29) is 11.8 Å². The van der Waals surface area contributed by atoms with E-state index in [1.165, 1.54) is 0 Å². The zero-order valence-corrected chi connectivity index (χ0v) is 11.4. The lowest BCUT2D eigenvalue weighted by Crippen LogP contribution is -2.42. The first kappa shape index (κ1) is 13.8. The van der Waals surface area contributed by atoms with Gasteiger partial charge in [-0.05, 0) is 43.9 Å². The quantitative estimate of drug-likeness (QED) is 0.797. The van der Waals surface area contributed by atoms with Crippen LogP contribution in [0.5, 0.6) is 0 Å². The molecule has 2 fully saturated rings. The highest BCUT2D eigenvalue weighted by molar-refractivity contribution is 5.79. The third-order valence-corrected chi connectivity index (χ3v) is 4.45. The number of amides is 1. The summed E-state index contributed by atoms with van der Waals surface area (Å²) in [6, 6.07) is 0.291. The third-order valence-electron chi connectivity index (χ3n) is 4.45. The number of nitrogens with two attached hydrogens (primary N) is 1. The second-order valence-corrected chi connectivity index (χ2v) is 5.96. The number of ether oxygens (including phenoxy) is 1. The number of nitrogens with one attached hydrogen (secondary N) is 1. The SMILES string of the molecule is CC1CC(N)CCC1C(=O)NCC1CCOCC1. The Hall–Kier alpha value is -0.610. The first-order chi connectivity index (χ1) is 8.66. The van der Waals surface area contributed by atoms with Crippen molar-refractivity contribution in [1.82, 2.24) is 5.32 Å². The molecule has 2 rings (SSSR count). The first-order valence-corrected chi connectivity index (χ1v) is 7.28. The van der Waals surface area contributed by atoms with Crippen LogP contribution in [0.1, 0.15) is 39.0 Å². The molecule has 18 heavy (non-hydrogen) atoms. The molecule has 3 N–H and O–H groups in total. The van der Waals surface area contributed by atoms with E-state index in [1.807, 2.05) is 0 Å². The van der Waals surface area contributed by atoms with E-state index in [1.54, 1.807) is 0 Å². The standard InChI is InChI=1S/C14H26N2O2/c1-10-8-12(15)2-3-13(10)14(17)16-9-11-4-6-18-7-5-11/h10-13H,2-9,15H2,1H3,(H,16,17). The molecule has 1 saturated heterocycles. The van der Waals surface area contributed by atoms with Gasteiger partial charge in [-0.15, -0.1) is 0 Å². The zero-order valence-electron chi connectivity index (χ0n) is 11.4. The van der Waals surface area contributed by atoms with Crippen LogP contribution in [0, 0.1) is 17.8 Å². The van der Waals surface area contributed by atoms with E-state index in [0.29, 0.717) is 17.9 Å². The molecule has 1 aliphatic heterocycles. The monoisotopic (exact) mass is 254 g/mol. The summed E-state index contributed by atoms with van der Waals surface area (Å²) in [6.07, 6.45) is 5.06. The van der Waals surface area contributed by atoms with Gasteiger partial charge in [0.15, 0.2) is 0 Å². The molecule has 0 aromatic heterocycles. The van der Waals surface area contributed by atoms with Crippen LogP contribution in [-0.2, 0) is 9.53 Å². The molecular weight excluding hydrogens is 228 g/mol. The Kier molecular flexibility index (Phi) is 5.01. The van der Waals surface area contributed by atoms with E-state index in [0.717, 1.165) is 51.9 Å². The van der Waals surface area contributed by atoms with E-state index < -0.39 is 0 Å². The van der Waals surface area contributed by atoms with Crippen molar-refractivity contribution in [3.05, 3.63) is 0 Å². The lowest BCUT2D eigenvalue weighted by molar-refractivity contribution is -0.128. The molecule has 0 bridgehead atoms. The Morgan fingerprint density at radius 1 is 1.28 bits per heavy atom. The first-order valence-electron chi connectivity index (χ1n) is 7.28. The van der Waals surface area contributed by atoms with E-state index >= 15 is 0 Å². The molecule has 1 heterocycles. The van der Waals surface area contributed by atoms with Crippen LogP contribution >= 0.6 is 0 Å². The molecule has 4 nitrogen and oxygen atoms in total. The Bertz CT molecular complexity index is 277. The average Bonchev–Trinajstić information content (AvgIpc) is 2.37. The lowest BCUT2D eigenvalue weighted by Gasteiger charge is -2.32. The highest BCUT2D eigenvalue weighted by Crippen LogP contribution is 2.29. The van der Waals surface area contributed by atoms with Gasteiger partial charge >= 0.3 is 0 Å². The van der Waals surface area contributed by atoms with E-state index in [9.17, 15) is 4.79 Å². The molecule has 0 radical (unpaired) electrons. The molecule has 0 spiro atoms. The highest BCUT2D eigenvalue weighted by Gasteiger charge is 2.31. The number of hydrogen-bond acceptors (Lipinski definition) is 3. The summed E-state index contributed by atoms with van der Waals surface area (Å²) in [5.41, 5.74) is 5.93. The largest absolute Gasteiger partial charge is 0.381 e. The summed E-state index contributed by atoms with van der Waals surface area (Å²) in [4.78, 5) is 12.2. The van der Waals surface area contributed by atoms with E-state index in [4.69, 9.17) is 10.5 Å². The van der Waals surface area contributed by atoms with Gasteiger partial charge in [-0.1, -0.05) is 6.92 Å². The summed E-state index contributed by atoms with van der Waals surface area (Å²) in [7, 11) is 0. The smallest absolute Gasteiger partial charge is 0.223 e. The number of carbonyl (C=O) groups is 1. The second kappa shape index (κ2) is 6.53. The summed E-state index contributed by atoms with van der Waals surface area (Å²) < 4.78 is 5.33. The maximum atomic E-state index is 12.2. The fraction of sp³-hybridized carbons (Fsp3) is 0.929. The van der Waals surface area contributed by atoms with Gasteiger partial charge in [0.05, 0.1) is 0 Å². The van der Waals surface area contributed by atoms with Crippen molar-refractivity contribution in [2.24, 2.45) is 23.5 Å². The summed E-state index contributed by atoms with van der Waals surface area (Å²) >= 11 is 0. The predicted molar refractivity (Wildman–Crippen MR) is 71.0 cm³/mol. The van der Waals surface area contributed by atoms with Crippen LogP contribution in [0.4, 0.5) is 0 Å². The molecule has 1 saturated carbocycles. The fourth-order valence-corrected chi connectivity index (χ4v) is 3.15. The van der Waals surface area contributed by atoms with Crippen LogP contribution in [0.15, 0.2) is 0 Å². The Morgan fingerprint density at radius 2 is 2.00 bits per heavy atom. The number of carbonyl (C=O) groups excluding carboxylic acids is 1. The van der Waals surface area contributed by atoms with Gasteiger partial charge in [0.1, 0.15) is 0 Å². The second-order valence-electron chi connectivity index (χ2n) is 5.96. The van der Waals surface area contributed by atoms with Gasteiger partial charge in [0, 0.05) is 31.7 Å². The van der Waals surface area contributed by atoms with Crippen LogP contribution in [0.3, 0.4) is 0 Å². The van der Waals surface area contributed by atoms with E-state index in [2.05, 4.69) is 12.2 Å². The van der Waals surface area contributed by atoms with Gasteiger partial charge in [0.25, 0.3) is 0 Å². The molecule has 0 aromatic carbocycles. The normalized spacial score (nSPS) is 34.2. The molecule has 1 amide bonds. The molecule has 104 valence electrons. The van der Waals surface area contributed by atoms with Crippen molar-refractivity contribution in [2.45, 2.75) is 45.1 Å². The maximum Gasteiger partial charge on any atom is 0.223 e. The van der Waals surface area contributed by atoms with Crippen molar-refractivity contribution in [3.8, 4) is 0 Å². The predicted octanol–water partition coefficient (Wildman–Crippen LogP) is 1.29. The topological polar surface area (TPSA) is 64.4 Å². The fourth-order valence-electron chi connectivity index (χ4n) is 3.15. The maximum absolute atomic E-state index is 12.2. The summed E-state index contributed by atoms with van der Waals surface area (Å²) in [5, 5.41) is 3.13. The lowest BCUT2D eigenvalue weighted by atomic mass is 9.77. The summed E-state index contributed by atoms with van der Waals surface area (Å²) in [6.45, 7) is 4.65. The van der Waals surface area contributed by atoms with Crippen molar-refractivity contribution >= 4 is 5.91 Å². The summed E-state index contributed by atoms with van der Waals surface area (Å²) in [5.74, 6) is 1.43. The molecule has 3 atom stereocenters. The highest BCUT2D eigenvalue weighted by atomic mass is 16.5. The molecule has 4 heteroatoms. The van der Waals surface area contributed by atoms with Gasteiger partial charge in [-0.2, -0.15) is 0 Å². The zero-order chi connectivity index (χ0) is 13.0. The molecule has 0 aromatic rings. The van der Waals surface area contributed by atoms with Crippen LogP contribution in [0.25, 0.3) is 0 Å². The number of rotatable bonds is 3. The molecule has 2 aliphatic rings. The van der Waals surface area contributed by atoms with Gasteiger partial charge in [-0.3, -0.25) is 4.79 Å². The molecule has 3 unspecified atom stereocenters. The van der Waals surface area contributed by atoms with Gasteiger partial charge < -0.3 is 15.8 Å². The van der Waals surface area contributed by atoms with Gasteiger partial charge in [-0.25, -0.2) is 0 Å². The third kappa shape index (κ3) is 3.69. The van der Waals surface area contributed by atoms with Crippen molar-refractivity contribution < 1.29 is 9.53 Å². The van der Waals surface area contributed by atoms with Crippen LogP contribution in [-0.4, -0.2) is 31.7 Å². The Balaban J connectivity index is 1.73. The molecule has 1 aliphatic carbocycles. The number of hydrogen-bond donors (Lipinski definition) is 2. The minimum atomic E-state index is 0.171. The van der Waals surface area contributed by atoms with Crippen LogP contribution < -0.4 is 11.1 Å². The van der Waals surface area contributed by atoms with Crippen molar-refractivity contribution in [2.75, 3.05) is 19.8 Å². The van der Waals surface area contributed by atoms with Crippen molar-refractivity contribution in [1.29, 1.82) is 0 Å². The average molecular weight is 254 g/mol. The minimum absolute atomic E-state index is 0.171. The minimum Gasteiger partial charge on any atom is -0.381 e. The van der Waals surface area contributed by atoms with Crippen LogP contribution in [0.2, 0.25) is 0 Å². The Labute approximate surface area is 110 Å². The van der Waals surface area contributed by atoms with Crippen molar-refractivity contribution in [3.63, 3.8) is 0 Å². The Morgan fingerprint density at radius 3 is 2.67 bits per heavy atom. The van der Waals surface area contributed by atoms with Gasteiger partial charge in [0.2, 0.25) is 5.91 Å². The molecular formula is C14H26N2O2.